The van der Waals surface area contributed by atoms with Crippen LogP contribution in [0.1, 0.15) is 47.8 Å². The van der Waals surface area contributed by atoms with Gasteiger partial charge >= 0.3 is 6.18 Å². The van der Waals surface area contributed by atoms with Crippen molar-refractivity contribution in [2.24, 2.45) is 0 Å². The summed E-state index contributed by atoms with van der Waals surface area (Å²) in [7, 11) is 0. The Kier molecular flexibility index (Phi) is 5.96. The second-order valence-electron chi connectivity index (χ2n) is 7.47. The van der Waals surface area contributed by atoms with Crippen molar-refractivity contribution in [3.05, 3.63) is 70.7 Å². The monoisotopic (exact) mass is 416 g/mol. The largest absolute Gasteiger partial charge is 0.417 e. The third-order valence-corrected chi connectivity index (χ3v) is 4.91. The lowest BCUT2D eigenvalue weighted by atomic mass is 10.0. The lowest BCUT2D eigenvalue weighted by molar-refractivity contribution is -0.137. The molecule has 1 aromatic carbocycles. The van der Waals surface area contributed by atoms with Gasteiger partial charge in [-0.05, 0) is 49.6 Å². The highest BCUT2D eigenvalue weighted by molar-refractivity contribution is 5.92. The quantitative estimate of drug-likeness (QED) is 0.621. The first kappa shape index (κ1) is 21.5. The molecule has 0 bridgehead atoms. The molecule has 3 rings (SSSR count). The van der Waals surface area contributed by atoms with E-state index in [1.807, 2.05) is 24.3 Å². The summed E-state index contributed by atoms with van der Waals surface area (Å²) < 4.78 is 39.7. The van der Waals surface area contributed by atoms with E-state index in [4.69, 9.17) is 0 Å². The molecule has 1 N–H and O–H groups in total. The number of nitrogens with one attached hydrogen (secondary N) is 1. The normalized spacial score (nSPS) is 11.7. The van der Waals surface area contributed by atoms with Gasteiger partial charge in [0, 0.05) is 23.1 Å². The number of hydrogen-bond acceptors (Lipinski definition) is 3. The second kappa shape index (κ2) is 8.30. The number of benzene rings is 1. The van der Waals surface area contributed by atoms with Crippen molar-refractivity contribution in [3.63, 3.8) is 0 Å². The van der Waals surface area contributed by atoms with Crippen LogP contribution < -0.4 is 5.32 Å². The van der Waals surface area contributed by atoms with Crippen molar-refractivity contribution in [3.8, 4) is 5.82 Å². The molecule has 0 fully saturated rings. The van der Waals surface area contributed by atoms with E-state index in [9.17, 15) is 18.0 Å². The van der Waals surface area contributed by atoms with Gasteiger partial charge in [0.05, 0.1) is 17.7 Å². The molecule has 2 aromatic heterocycles. The Morgan fingerprint density at radius 3 is 2.50 bits per heavy atom. The van der Waals surface area contributed by atoms with Crippen molar-refractivity contribution < 1.29 is 18.0 Å². The van der Waals surface area contributed by atoms with Crippen LogP contribution in [0.15, 0.2) is 42.6 Å². The molecule has 0 atom stereocenters. The number of amides is 1. The maximum Gasteiger partial charge on any atom is 0.417 e. The molecule has 158 valence electrons. The standard InChI is InChI=1S/C22H23F3N4O/c1-13(2)16-6-5-7-18(10-16)27-21(30)11-19-14(3)28-29(15(19)4)20-9-8-17(12-26-20)22(23,24)25/h5-10,12-13H,11H2,1-4H3,(H,27,30). The van der Waals surface area contributed by atoms with Crippen LogP contribution in [0.2, 0.25) is 0 Å². The van der Waals surface area contributed by atoms with Crippen LogP contribution in [0.4, 0.5) is 18.9 Å². The van der Waals surface area contributed by atoms with E-state index >= 15 is 0 Å². The Morgan fingerprint density at radius 1 is 1.17 bits per heavy atom. The molecule has 1 amide bonds. The summed E-state index contributed by atoms with van der Waals surface area (Å²) in [4.78, 5) is 16.5. The summed E-state index contributed by atoms with van der Waals surface area (Å²) in [6, 6.07) is 9.92. The smallest absolute Gasteiger partial charge is 0.326 e. The van der Waals surface area contributed by atoms with E-state index in [0.717, 1.165) is 23.5 Å². The molecule has 0 aliphatic carbocycles. The molecule has 0 saturated heterocycles. The fourth-order valence-electron chi connectivity index (χ4n) is 3.17. The zero-order valence-corrected chi connectivity index (χ0v) is 17.2. The van der Waals surface area contributed by atoms with Crippen LogP contribution in [-0.4, -0.2) is 20.7 Å². The number of anilines is 1. The molecule has 0 radical (unpaired) electrons. The van der Waals surface area contributed by atoms with Crippen molar-refractivity contribution >= 4 is 11.6 Å². The van der Waals surface area contributed by atoms with Crippen LogP contribution in [-0.2, 0) is 17.4 Å². The summed E-state index contributed by atoms with van der Waals surface area (Å²) in [6.45, 7) is 7.69. The number of pyridine rings is 1. The topological polar surface area (TPSA) is 59.8 Å². The van der Waals surface area contributed by atoms with Crippen molar-refractivity contribution in [2.45, 2.75) is 46.2 Å². The minimum Gasteiger partial charge on any atom is -0.326 e. The first-order valence-corrected chi connectivity index (χ1v) is 9.54. The summed E-state index contributed by atoms with van der Waals surface area (Å²) in [5.41, 5.74) is 3.02. The van der Waals surface area contributed by atoms with Gasteiger partial charge in [-0.15, -0.1) is 0 Å². The molecule has 2 heterocycles. The Bertz CT molecular complexity index is 1050. The zero-order chi connectivity index (χ0) is 22.1. The third kappa shape index (κ3) is 4.69. The summed E-state index contributed by atoms with van der Waals surface area (Å²) in [5, 5.41) is 7.26. The van der Waals surface area contributed by atoms with Gasteiger partial charge in [0.15, 0.2) is 5.82 Å². The van der Waals surface area contributed by atoms with Gasteiger partial charge in [-0.3, -0.25) is 4.79 Å². The molecule has 0 aliphatic rings. The number of aryl methyl sites for hydroxylation is 1. The van der Waals surface area contributed by atoms with Crippen LogP contribution in [0, 0.1) is 13.8 Å². The second-order valence-corrected chi connectivity index (χ2v) is 7.47. The molecule has 3 aromatic rings. The van der Waals surface area contributed by atoms with Gasteiger partial charge in [-0.25, -0.2) is 9.67 Å². The molecule has 0 saturated carbocycles. The van der Waals surface area contributed by atoms with Crippen LogP contribution >= 0.6 is 0 Å². The van der Waals surface area contributed by atoms with E-state index in [1.54, 1.807) is 13.8 Å². The molecular weight excluding hydrogens is 393 g/mol. The van der Waals surface area contributed by atoms with Gasteiger partial charge in [-0.2, -0.15) is 18.3 Å². The van der Waals surface area contributed by atoms with E-state index in [0.29, 0.717) is 22.9 Å². The van der Waals surface area contributed by atoms with E-state index < -0.39 is 11.7 Å². The van der Waals surface area contributed by atoms with E-state index in [-0.39, 0.29) is 18.1 Å². The molecule has 0 aliphatic heterocycles. The Balaban J connectivity index is 1.79. The SMILES string of the molecule is Cc1nn(-c2ccc(C(F)(F)F)cn2)c(C)c1CC(=O)Nc1cccc(C(C)C)c1. The highest BCUT2D eigenvalue weighted by Gasteiger charge is 2.30. The number of halogens is 3. The number of carbonyl (C=O) groups excluding carboxylic acids is 1. The van der Waals surface area contributed by atoms with Crippen molar-refractivity contribution in [1.29, 1.82) is 0 Å². The molecule has 30 heavy (non-hydrogen) atoms. The van der Waals surface area contributed by atoms with Crippen molar-refractivity contribution in [1.82, 2.24) is 14.8 Å². The summed E-state index contributed by atoms with van der Waals surface area (Å²) >= 11 is 0. The minimum absolute atomic E-state index is 0.101. The number of rotatable bonds is 5. The highest BCUT2D eigenvalue weighted by atomic mass is 19.4. The maximum absolute atomic E-state index is 12.8. The number of nitrogens with zero attached hydrogens (tertiary/aromatic N) is 3. The fraction of sp³-hybridized carbons (Fsp3) is 0.318. The average molecular weight is 416 g/mol. The zero-order valence-electron chi connectivity index (χ0n) is 17.2. The fourth-order valence-corrected chi connectivity index (χ4v) is 3.17. The van der Waals surface area contributed by atoms with E-state index in [2.05, 4.69) is 29.2 Å². The van der Waals surface area contributed by atoms with E-state index in [1.165, 1.54) is 10.7 Å². The Hall–Kier alpha value is -3.16. The molecule has 0 spiro atoms. The predicted molar refractivity (Wildman–Crippen MR) is 109 cm³/mol. The number of aromatic nitrogens is 3. The first-order valence-electron chi connectivity index (χ1n) is 9.54. The summed E-state index contributed by atoms with van der Waals surface area (Å²) in [6.07, 6.45) is -3.57. The summed E-state index contributed by atoms with van der Waals surface area (Å²) in [5.74, 6) is 0.419. The number of alkyl halides is 3. The lowest BCUT2D eigenvalue weighted by Gasteiger charge is -2.10. The Morgan fingerprint density at radius 2 is 1.90 bits per heavy atom. The molecule has 0 unspecified atom stereocenters. The van der Waals surface area contributed by atoms with Crippen LogP contribution in [0.5, 0.6) is 0 Å². The van der Waals surface area contributed by atoms with Crippen LogP contribution in [0.25, 0.3) is 5.82 Å². The molecule has 5 nitrogen and oxygen atoms in total. The minimum atomic E-state index is -4.45. The van der Waals surface area contributed by atoms with Gasteiger partial charge in [0.25, 0.3) is 0 Å². The van der Waals surface area contributed by atoms with Gasteiger partial charge in [-0.1, -0.05) is 26.0 Å². The number of carbonyl (C=O) groups is 1. The third-order valence-electron chi connectivity index (χ3n) is 4.91. The van der Waals surface area contributed by atoms with Crippen molar-refractivity contribution in [2.75, 3.05) is 5.32 Å². The lowest BCUT2D eigenvalue weighted by Crippen LogP contribution is -2.15. The van der Waals surface area contributed by atoms with Gasteiger partial charge < -0.3 is 5.32 Å². The van der Waals surface area contributed by atoms with Gasteiger partial charge in [0.2, 0.25) is 5.91 Å². The molecule has 8 heteroatoms. The highest BCUT2D eigenvalue weighted by Crippen LogP contribution is 2.29. The average Bonchev–Trinajstić information content (AvgIpc) is 2.96. The number of hydrogen-bond donors (Lipinski definition) is 1. The van der Waals surface area contributed by atoms with Crippen LogP contribution in [0.3, 0.4) is 0 Å². The molecular formula is C22H23F3N4O. The van der Waals surface area contributed by atoms with Gasteiger partial charge in [0.1, 0.15) is 0 Å². The Labute approximate surface area is 173 Å². The predicted octanol–water partition coefficient (Wildman–Crippen LogP) is 5.21. The first-order chi connectivity index (χ1) is 14.1. The maximum atomic E-state index is 12.8.